The minimum atomic E-state index is -0.191. The van der Waals surface area contributed by atoms with E-state index in [4.69, 9.17) is 0 Å². The SMILES string of the molecule is CC1NNC(c2cccc(F)c2)C1Br. The average molecular weight is 259 g/mol. The average Bonchev–Trinajstić information content (AvgIpc) is 2.48. The predicted octanol–water partition coefficient (Wildman–Crippen LogP) is 2.13. The topological polar surface area (TPSA) is 24.1 Å². The minimum absolute atomic E-state index is 0.126. The maximum atomic E-state index is 13.0. The van der Waals surface area contributed by atoms with Crippen molar-refractivity contribution in [3.63, 3.8) is 0 Å². The van der Waals surface area contributed by atoms with Crippen LogP contribution in [0, 0.1) is 5.82 Å². The van der Waals surface area contributed by atoms with Crippen molar-refractivity contribution in [1.29, 1.82) is 0 Å². The molecule has 1 aromatic carbocycles. The molecule has 2 nitrogen and oxygen atoms in total. The Hall–Kier alpha value is -0.450. The first-order valence-corrected chi connectivity index (χ1v) is 5.50. The van der Waals surface area contributed by atoms with E-state index in [-0.39, 0.29) is 16.7 Å². The zero-order valence-electron chi connectivity index (χ0n) is 7.80. The number of hydrogen-bond donors (Lipinski definition) is 2. The normalized spacial score (nSPS) is 32.1. The molecule has 3 atom stereocenters. The van der Waals surface area contributed by atoms with Gasteiger partial charge in [-0.25, -0.2) is 9.82 Å². The molecule has 4 heteroatoms. The number of hydrazine groups is 1. The summed E-state index contributed by atoms with van der Waals surface area (Å²) in [5, 5.41) is 0. The van der Waals surface area contributed by atoms with Crippen molar-refractivity contribution in [3.8, 4) is 0 Å². The van der Waals surface area contributed by atoms with Crippen molar-refractivity contribution in [3.05, 3.63) is 35.6 Å². The molecule has 3 unspecified atom stereocenters. The Balaban J connectivity index is 2.23. The second-order valence-electron chi connectivity index (χ2n) is 3.55. The van der Waals surface area contributed by atoms with E-state index in [0.29, 0.717) is 6.04 Å². The fourth-order valence-electron chi connectivity index (χ4n) is 1.64. The lowest BCUT2D eigenvalue weighted by Gasteiger charge is -2.14. The zero-order valence-corrected chi connectivity index (χ0v) is 9.38. The summed E-state index contributed by atoms with van der Waals surface area (Å²) >= 11 is 3.58. The van der Waals surface area contributed by atoms with Crippen molar-refractivity contribution < 1.29 is 4.39 Å². The third-order valence-electron chi connectivity index (χ3n) is 2.47. The van der Waals surface area contributed by atoms with Gasteiger partial charge in [0.05, 0.1) is 10.9 Å². The number of alkyl halides is 1. The van der Waals surface area contributed by atoms with E-state index >= 15 is 0 Å². The first-order chi connectivity index (χ1) is 6.68. The molecule has 0 saturated carbocycles. The van der Waals surface area contributed by atoms with Crippen LogP contribution in [0.2, 0.25) is 0 Å². The molecule has 1 aromatic rings. The van der Waals surface area contributed by atoms with Crippen molar-refractivity contribution in [1.82, 2.24) is 10.9 Å². The van der Waals surface area contributed by atoms with Crippen molar-refractivity contribution >= 4 is 15.9 Å². The molecule has 0 amide bonds. The molecular weight excluding hydrogens is 247 g/mol. The second kappa shape index (κ2) is 3.96. The number of halogens is 2. The molecule has 2 N–H and O–H groups in total. The van der Waals surface area contributed by atoms with Gasteiger partial charge in [0.15, 0.2) is 0 Å². The van der Waals surface area contributed by atoms with Crippen LogP contribution in [0.3, 0.4) is 0 Å². The summed E-state index contributed by atoms with van der Waals surface area (Å²) in [6, 6.07) is 7.14. The Bertz CT molecular complexity index is 332. The van der Waals surface area contributed by atoms with Crippen LogP contribution in [-0.4, -0.2) is 10.9 Å². The molecule has 1 aliphatic heterocycles. The van der Waals surface area contributed by atoms with Crippen LogP contribution in [0.5, 0.6) is 0 Å². The van der Waals surface area contributed by atoms with Crippen LogP contribution in [-0.2, 0) is 0 Å². The van der Waals surface area contributed by atoms with Gasteiger partial charge in [-0.15, -0.1) is 0 Å². The van der Waals surface area contributed by atoms with E-state index in [2.05, 4.69) is 33.7 Å². The third-order valence-corrected chi connectivity index (χ3v) is 3.79. The number of benzene rings is 1. The highest BCUT2D eigenvalue weighted by Gasteiger charge is 2.31. The van der Waals surface area contributed by atoms with Gasteiger partial charge in [-0.05, 0) is 24.6 Å². The van der Waals surface area contributed by atoms with E-state index in [1.165, 1.54) is 6.07 Å². The second-order valence-corrected chi connectivity index (χ2v) is 4.61. The molecule has 0 aliphatic carbocycles. The number of rotatable bonds is 1. The Morgan fingerprint density at radius 1 is 1.36 bits per heavy atom. The Morgan fingerprint density at radius 3 is 2.71 bits per heavy atom. The first kappa shape index (κ1) is 10.1. The summed E-state index contributed by atoms with van der Waals surface area (Å²) in [7, 11) is 0. The first-order valence-electron chi connectivity index (χ1n) is 4.59. The summed E-state index contributed by atoms with van der Waals surface area (Å²) in [4.78, 5) is 0.282. The smallest absolute Gasteiger partial charge is 0.123 e. The summed E-state index contributed by atoms with van der Waals surface area (Å²) in [6.45, 7) is 2.08. The molecule has 1 fully saturated rings. The lowest BCUT2D eigenvalue weighted by Crippen LogP contribution is -2.29. The van der Waals surface area contributed by atoms with Crippen LogP contribution >= 0.6 is 15.9 Å². The van der Waals surface area contributed by atoms with Gasteiger partial charge >= 0.3 is 0 Å². The molecule has 14 heavy (non-hydrogen) atoms. The van der Waals surface area contributed by atoms with E-state index in [1.807, 2.05) is 6.07 Å². The lowest BCUT2D eigenvalue weighted by atomic mass is 10.0. The standard InChI is InChI=1S/C10H12BrFN2/c1-6-9(11)10(14-13-6)7-3-2-4-8(12)5-7/h2-6,9-10,13-14H,1H3. The van der Waals surface area contributed by atoms with E-state index in [0.717, 1.165) is 5.56 Å². The van der Waals surface area contributed by atoms with Crippen LogP contribution in [0.1, 0.15) is 18.5 Å². The van der Waals surface area contributed by atoms with Gasteiger partial charge in [0.25, 0.3) is 0 Å². The highest BCUT2D eigenvalue weighted by atomic mass is 79.9. The molecule has 2 rings (SSSR count). The summed E-state index contributed by atoms with van der Waals surface area (Å²) < 4.78 is 13.0. The van der Waals surface area contributed by atoms with Crippen molar-refractivity contribution in [2.75, 3.05) is 0 Å². The van der Waals surface area contributed by atoms with E-state index in [1.54, 1.807) is 12.1 Å². The largest absolute Gasteiger partial charge is 0.253 e. The maximum Gasteiger partial charge on any atom is 0.123 e. The lowest BCUT2D eigenvalue weighted by molar-refractivity contribution is 0.556. The third kappa shape index (κ3) is 1.82. The quantitative estimate of drug-likeness (QED) is 0.755. The molecule has 1 heterocycles. The molecule has 0 spiro atoms. The highest BCUT2D eigenvalue weighted by Crippen LogP contribution is 2.28. The molecule has 0 radical (unpaired) electrons. The van der Waals surface area contributed by atoms with Gasteiger partial charge in [0.1, 0.15) is 5.82 Å². The number of nitrogens with one attached hydrogen (secondary N) is 2. The number of hydrogen-bond acceptors (Lipinski definition) is 2. The van der Waals surface area contributed by atoms with Gasteiger partial charge in [-0.3, -0.25) is 5.43 Å². The highest BCUT2D eigenvalue weighted by molar-refractivity contribution is 9.09. The molecule has 1 aliphatic rings. The molecule has 0 aromatic heterocycles. The maximum absolute atomic E-state index is 13.0. The van der Waals surface area contributed by atoms with Crippen LogP contribution < -0.4 is 10.9 Å². The fraction of sp³-hybridized carbons (Fsp3) is 0.400. The predicted molar refractivity (Wildman–Crippen MR) is 57.6 cm³/mol. The van der Waals surface area contributed by atoms with Gasteiger partial charge < -0.3 is 0 Å². The van der Waals surface area contributed by atoms with E-state index < -0.39 is 0 Å². The molecular formula is C10H12BrFN2. The Morgan fingerprint density at radius 2 is 2.14 bits per heavy atom. The minimum Gasteiger partial charge on any atom is -0.253 e. The monoisotopic (exact) mass is 258 g/mol. The summed E-state index contributed by atoms with van der Waals surface area (Å²) in [5.41, 5.74) is 7.22. The fourth-order valence-corrected chi connectivity index (χ4v) is 2.21. The van der Waals surface area contributed by atoms with Crippen LogP contribution in [0.4, 0.5) is 4.39 Å². The molecule has 76 valence electrons. The van der Waals surface area contributed by atoms with Crippen LogP contribution in [0.25, 0.3) is 0 Å². The van der Waals surface area contributed by atoms with Crippen LogP contribution in [0.15, 0.2) is 24.3 Å². The van der Waals surface area contributed by atoms with Gasteiger partial charge in [0.2, 0.25) is 0 Å². The zero-order chi connectivity index (χ0) is 10.1. The summed E-state index contributed by atoms with van der Waals surface area (Å²) in [6.07, 6.45) is 0. The Labute approximate surface area is 91.0 Å². The van der Waals surface area contributed by atoms with Gasteiger partial charge in [-0.2, -0.15) is 0 Å². The molecule has 1 saturated heterocycles. The summed E-state index contributed by atoms with van der Waals surface area (Å²) in [5.74, 6) is -0.191. The van der Waals surface area contributed by atoms with Crippen molar-refractivity contribution in [2.24, 2.45) is 0 Å². The van der Waals surface area contributed by atoms with Crippen molar-refractivity contribution in [2.45, 2.75) is 23.8 Å². The van der Waals surface area contributed by atoms with E-state index in [9.17, 15) is 4.39 Å². The Kier molecular flexibility index (Phi) is 2.85. The molecule has 0 bridgehead atoms. The van der Waals surface area contributed by atoms with Gasteiger partial charge in [-0.1, -0.05) is 28.1 Å². The van der Waals surface area contributed by atoms with Gasteiger partial charge in [0, 0.05) is 6.04 Å².